The average Bonchev–Trinajstić information content (AvgIpc) is 3.67. The number of halogens is 2. The monoisotopic (exact) mass is 543 g/mol. The van der Waals surface area contributed by atoms with Crippen LogP contribution in [0.5, 0.6) is 0 Å². The van der Waals surface area contributed by atoms with Gasteiger partial charge >= 0.3 is 0 Å². The van der Waals surface area contributed by atoms with E-state index in [1.807, 2.05) is 43.3 Å². The summed E-state index contributed by atoms with van der Waals surface area (Å²) in [6, 6.07) is 14.2. The number of nitrogens with zero attached hydrogens (tertiary/aromatic N) is 3. The highest BCUT2D eigenvalue weighted by molar-refractivity contribution is 7.13. The zero-order valence-electron chi connectivity index (χ0n) is 22.1. The SMILES string of the molecule is C=C/C(=C\C(=C/C)c1ccc2[nH]nc(C(=C)Nc3cccc(-c4cccs4)c3C)c2n1)CN1CCC(F)(F)C1. The second-order valence-electron chi connectivity index (χ2n) is 9.71. The lowest BCUT2D eigenvalue weighted by atomic mass is 10.0. The molecule has 2 N–H and O–H groups in total. The van der Waals surface area contributed by atoms with Crippen LogP contribution in [0.25, 0.3) is 32.7 Å². The Balaban J connectivity index is 1.40. The largest absolute Gasteiger partial charge is 0.354 e. The van der Waals surface area contributed by atoms with Gasteiger partial charge in [-0.05, 0) is 71.8 Å². The van der Waals surface area contributed by atoms with Crippen molar-refractivity contribution in [3.8, 4) is 10.4 Å². The second-order valence-corrected chi connectivity index (χ2v) is 10.7. The molecule has 0 unspecified atom stereocenters. The smallest absolute Gasteiger partial charge is 0.261 e. The van der Waals surface area contributed by atoms with Crippen LogP contribution in [0.1, 0.15) is 30.3 Å². The van der Waals surface area contributed by atoms with Crippen LogP contribution in [0.3, 0.4) is 0 Å². The lowest BCUT2D eigenvalue weighted by Gasteiger charge is -2.16. The highest BCUT2D eigenvalue weighted by Gasteiger charge is 2.37. The summed E-state index contributed by atoms with van der Waals surface area (Å²) in [4.78, 5) is 7.89. The number of aromatic amines is 1. The molecule has 4 aromatic rings. The number of rotatable bonds is 9. The minimum Gasteiger partial charge on any atom is -0.354 e. The number of nitrogens with one attached hydrogen (secondary N) is 2. The Kier molecular flexibility index (Phi) is 7.59. The Morgan fingerprint density at radius 2 is 2.08 bits per heavy atom. The van der Waals surface area contributed by atoms with Crippen LogP contribution in [0.4, 0.5) is 14.5 Å². The van der Waals surface area contributed by atoms with Crippen LogP contribution < -0.4 is 5.32 Å². The van der Waals surface area contributed by atoms with Gasteiger partial charge in [-0.15, -0.1) is 11.3 Å². The molecule has 39 heavy (non-hydrogen) atoms. The van der Waals surface area contributed by atoms with E-state index in [0.29, 0.717) is 30.0 Å². The summed E-state index contributed by atoms with van der Waals surface area (Å²) in [5.41, 5.74) is 8.52. The molecule has 1 aliphatic rings. The highest BCUT2D eigenvalue weighted by atomic mass is 32.1. The fraction of sp³-hybridized carbons (Fsp3) is 0.226. The van der Waals surface area contributed by atoms with E-state index in [0.717, 1.165) is 33.6 Å². The molecule has 1 aliphatic heterocycles. The predicted molar refractivity (Wildman–Crippen MR) is 159 cm³/mol. The minimum atomic E-state index is -2.62. The van der Waals surface area contributed by atoms with Gasteiger partial charge in [-0.25, -0.2) is 13.8 Å². The predicted octanol–water partition coefficient (Wildman–Crippen LogP) is 7.93. The first-order valence-electron chi connectivity index (χ1n) is 12.8. The molecule has 200 valence electrons. The van der Waals surface area contributed by atoms with E-state index in [1.54, 1.807) is 22.3 Å². The summed E-state index contributed by atoms with van der Waals surface area (Å²) in [5, 5.41) is 13.1. The Morgan fingerprint density at radius 3 is 2.77 bits per heavy atom. The van der Waals surface area contributed by atoms with E-state index in [1.165, 1.54) is 10.4 Å². The fourth-order valence-electron chi connectivity index (χ4n) is 4.84. The molecule has 5 nitrogen and oxygen atoms in total. The molecule has 4 heterocycles. The molecule has 1 aromatic carbocycles. The van der Waals surface area contributed by atoms with E-state index in [9.17, 15) is 8.78 Å². The number of pyridine rings is 1. The molecule has 1 fully saturated rings. The van der Waals surface area contributed by atoms with Crippen LogP contribution in [-0.2, 0) is 0 Å². The van der Waals surface area contributed by atoms with Crippen LogP contribution in [0.2, 0.25) is 0 Å². The molecule has 0 atom stereocenters. The van der Waals surface area contributed by atoms with Gasteiger partial charge in [0.2, 0.25) is 0 Å². The standard InChI is InChI=1S/C31H31F2N5S/c1-5-22(18-38-15-14-31(32,33)19-38)17-23(6-2)26-12-13-27-30(35-26)29(37-36-27)21(4)34-25-10-7-9-24(20(25)3)28-11-8-16-39-28/h5-13,16-17,34H,1,4,14-15,18-19H2,2-3H3,(H,36,37)/b22-17+,23-6+. The number of anilines is 1. The van der Waals surface area contributed by atoms with Crippen molar-refractivity contribution in [3.63, 3.8) is 0 Å². The minimum absolute atomic E-state index is 0.106. The summed E-state index contributed by atoms with van der Waals surface area (Å²) in [7, 11) is 0. The lowest BCUT2D eigenvalue weighted by molar-refractivity contribution is 0.0131. The molecule has 5 rings (SSSR count). The van der Waals surface area contributed by atoms with Crippen molar-refractivity contribution in [3.05, 3.63) is 102 Å². The Hall–Kier alpha value is -3.88. The lowest BCUT2D eigenvalue weighted by Crippen LogP contribution is -2.26. The summed E-state index contributed by atoms with van der Waals surface area (Å²) in [6.07, 6.45) is 5.54. The topological polar surface area (TPSA) is 56.8 Å². The maximum absolute atomic E-state index is 13.7. The van der Waals surface area contributed by atoms with Crippen molar-refractivity contribution < 1.29 is 8.78 Å². The number of H-pyrrole nitrogens is 1. The van der Waals surface area contributed by atoms with Crippen molar-refractivity contribution in [1.82, 2.24) is 20.1 Å². The van der Waals surface area contributed by atoms with E-state index in [4.69, 9.17) is 4.98 Å². The van der Waals surface area contributed by atoms with Gasteiger partial charge in [0.05, 0.1) is 23.5 Å². The maximum Gasteiger partial charge on any atom is 0.261 e. The molecule has 1 saturated heterocycles. The van der Waals surface area contributed by atoms with E-state index < -0.39 is 5.92 Å². The third kappa shape index (κ3) is 5.77. The first kappa shape index (κ1) is 26.7. The second kappa shape index (κ2) is 11.1. The van der Waals surface area contributed by atoms with Gasteiger partial charge < -0.3 is 5.32 Å². The summed E-state index contributed by atoms with van der Waals surface area (Å²) >= 11 is 1.71. The van der Waals surface area contributed by atoms with E-state index in [2.05, 4.69) is 59.2 Å². The molecule has 0 amide bonds. The number of likely N-dealkylation sites (tertiary alicyclic amines) is 1. The van der Waals surface area contributed by atoms with Gasteiger partial charge in [-0.2, -0.15) is 5.10 Å². The quantitative estimate of drug-likeness (QED) is 0.211. The van der Waals surface area contributed by atoms with Crippen molar-refractivity contribution in [2.45, 2.75) is 26.2 Å². The fourth-order valence-corrected chi connectivity index (χ4v) is 5.64. The third-order valence-electron chi connectivity index (χ3n) is 6.96. The molecule has 0 spiro atoms. The number of alkyl halides is 2. The first-order chi connectivity index (χ1) is 18.8. The molecule has 0 aliphatic carbocycles. The average molecular weight is 544 g/mol. The normalized spacial score (nSPS) is 16.1. The molecule has 0 bridgehead atoms. The molecular weight excluding hydrogens is 512 g/mol. The number of fused-ring (bicyclic) bond motifs is 1. The number of hydrogen-bond acceptors (Lipinski definition) is 5. The van der Waals surface area contributed by atoms with Crippen LogP contribution >= 0.6 is 11.3 Å². The van der Waals surface area contributed by atoms with Crippen LogP contribution in [0.15, 0.2) is 84.8 Å². The van der Waals surface area contributed by atoms with Gasteiger partial charge in [0.15, 0.2) is 0 Å². The number of aromatic nitrogens is 3. The number of allylic oxidation sites excluding steroid dienone is 3. The van der Waals surface area contributed by atoms with Crippen molar-refractivity contribution in [1.29, 1.82) is 0 Å². The number of thiophene rings is 1. The van der Waals surface area contributed by atoms with E-state index >= 15 is 0 Å². The Bertz CT molecular complexity index is 1580. The molecule has 8 heteroatoms. The van der Waals surface area contributed by atoms with Crippen molar-refractivity contribution >= 4 is 39.3 Å². The number of benzene rings is 1. The third-order valence-corrected chi connectivity index (χ3v) is 7.87. The van der Waals surface area contributed by atoms with Gasteiger partial charge in [0.1, 0.15) is 11.2 Å². The summed E-state index contributed by atoms with van der Waals surface area (Å²) < 4.78 is 27.4. The molecule has 0 radical (unpaired) electrons. The zero-order valence-corrected chi connectivity index (χ0v) is 22.9. The van der Waals surface area contributed by atoms with Crippen LogP contribution in [0, 0.1) is 6.92 Å². The first-order valence-corrected chi connectivity index (χ1v) is 13.7. The van der Waals surface area contributed by atoms with Gasteiger partial charge in [0, 0.05) is 30.1 Å². The van der Waals surface area contributed by atoms with E-state index in [-0.39, 0.29) is 13.0 Å². The summed E-state index contributed by atoms with van der Waals surface area (Å²) in [5.74, 6) is -2.62. The van der Waals surface area contributed by atoms with Gasteiger partial charge in [0.25, 0.3) is 5.92 Å². The zero-order chi connectivity index (χ0) is 27.6. The molecule has 0 saturated carbocycles. The highest BCUT2D eigenvalue weighted by Crippen LogP contribution is 2.33. The summed E-state index contributed by atoms with van der Waals surface area (Å²) in [6.45, 7) is 12.8. The Labute approximate surface area is 231 Å². The van der Waals surface area contributed by atoms with Crippen molar-refractivity contribution in [2.24, 2.45) is 0 Å². The van der Waals surface area contributed by atoms with Gasteiger partial charge in [-0.3, -0.25) is 10.00 Å². The van der Waals surface area contributed by atoms with Gasteiger partial charge in [-0.1, -0.05) is 43.5 Å². The van der Waals surface area contributed by atoms with Crippen molar-refractivity contribution in [2.75, 3.05) is 25.0 Å². The van der Waals surface area contributed by atoms with Crippen LogP contribution in [-0.4, -0.2) is 45.6 Å². The maximum atomic E-state index is 13.7. The Morgan fingerprint density at radius 1 is 1.23 bits per heavy atom. The molecule has 3 aromatic heterocycles. The number of hydrogen-bond donors (Lipinski definition) is 2. The molecular formula is C31H31F2N5S.